The Morgan fingerprint density at radius 1 is 1.37 bits per heavy atom. The molecule has 0 amide bonds. The lowest BCUT2D eigenvalue weighted by Crippen LogP contribution is -2.08. The third kappa shape index (κ3) is 3.32. The van der Waals surface area contributed by atoms with E-state index in [1.807, 2.05) is 49.2 Å². The summed E-state index contributed by atoms with van der Waals surface area (Å²) in [7, 11) is 1.97. The highest BCUT2D eigenvalue weighted by Crippen LogP contribution is 2.30. The third-order valence-corrected chi connectivity index (χ3v) is 4.17. The smallest absolute Gasteiger partial charge is 0.303 e. The number of hydrogen-bond donors (Lipinski definition) is 1. The van der Waals surface area contributed by atoms with E-state index < -0.39 is 5.97 Å². The normalized spacial score (nSPS) is 10.4. The average Bonchev–Trinajstić information content (AvgIpc) is 2.78. The predicted octanol–water partition coefficient (Wildman–Crippen LogP) is 3.24. The van der Waals surface area contributed by atoms with Gasteiger partial charge in [0.2, 0.25) is 0 Å². The maximum Gasteiger partial charge on any atom is 0.303 e. The van der Waals surface area contributed by atoms with E-state index in [0.29, 0.717) is 6.42 Å². The average molecular weight is 276 g/mol. The van der Waals surface area contributed by atoms with E-state index in [-0.39, 0.29) is 6.42 Å². The molecule has 1 heterocycles. The number of benzene rings is 1. The molecule has 0 aliphatic heterocycles. The number of nitrogens with zero attached hydrogens (tertiary/aromatic N) is 2. The van der Waals surface area contributed by atoms with Crippen LogP contribution in [-0.4, -0.2) is 23.1 Å². The molecule has 4 nitrogen and oxygen atoms in total. The summed E-state index contributed by atoms with van der Waals surface area (Å²) in [6.45, 7) is 1.93. The number of carboxylic acids is 1. The lowest BCUT2D eigenvalue weighted by atomic mass is 10.2. The minimum atomic E-state index is -0.772. The van der Waals surface area contributed by atoms with Gasteiger partial charge in [-0.3, -0.25) is 4.79 Å². The SMILES string of the molecule is Cc1nc(N(C)c2ccccc2)sc1CCC(=O)O. The highest BCUT2D eigenvalue weighted by Gasteiger charge is 2.13. The number of carboxylic acid groups (broad SMARTS) is 1. The molecule has 0 saturated heterocycles. The second-order valence-corrected chi connectivity index (χ2v) is 5.36. The van der Waals surface area contributed by atoms with E-state index in [4.69, 9.17) is 5.11 Å². The number of carbonyl (C=O) groups is 1. The molecule has 0 fully saturated rings. The quantitative estimate of drug-likeness (QED) is 0.911. The van der Waals surface area contributed by atoms with Gasteiger partial charge in [0, 0.05) is 17.6 Å². The number of aryl methyl sites for hydroxylation is 2. The molecule has 0 bridgehead atoms. The van der Waals surface area contributed by atoms with Crippen molar-refractivity contribution < 1.29 is 9.90 Å². The molecule has 2 aromatic rings. The van der Waals surface area contributed by atoms with Crippen molar-refractivity contribution in [1.29, 1.82) is 0 Å². The fourth-order valence-electron chi connectivity index (χ4n) is 1.77. The minimum Gasteiger partial charge on any atom is -0.481 e. The van der Waals surface area contributed by atoms with Crippen LogP contribution in [0.4, 0.5) is 10.8 Å². The first-order valence-corrected chi connectivity index (χ1v) is 6.86. The van der Waals surface area contributed by atoms with Crippen molar-refractivity contribution in [2.45, 2.75) is 19.8 Å². The number of rotatable bonds is 5. The van der Waals surface area contributed by atoms with Crippen LogP contribution in [0, 0.1) is 6.92 Å². The van der Waals surface area contributed by atoms with E-state index in [9.17, 15) is 4.79 Å². The Morgan fingerprint density at radius 2 is 2.05 bits per heavy atom. The topological polar surface area (TPSA) is 53.4 Å². The molecule has 2 rings (SSSR count). The second kappa shape index (κ2) is 5.84. The molecule has 100 valence electrons. The van der Waals surface area contributed by atoms with Crippen molar-refractivity contribution in [3.05, 3.63) is 40.9 Å². The maximum absolute atomic E-state index is 10.6. The van der Waals surface area contributed by atoms with E-state index in [1.54, 1.807) is 11.3 Å². The summed E-state index contributed by atoms with van der Waals surface area (Å²) in [5.74, 6) is -0.772. The number of anilines is 2. The molecule has 0 spiro atoms. The van der Waals surface area contributed by atoms with Gasteiger partial charge < -0.3 is 10.0 Å². The molecular formula is C14H16N2O2S. The molecule has 0 aliphatic carbocycles. The number of hydrogen-bond acceptors (Lipinski definition) is 4. The summed E-state index contributed by atoms with van der Waals surface area (Å²) in [5, 5.41) is 9.63. The lowest BCUT2D eigenvalue weighted by molar-refractivity contribution is -0.136. The van der Waals surface area contributed by atoms with Crippen LogP contribution in [0.2, 0.25) is 0 Å². The predicted molar refractivity (Wildman–Crippen MR) is 77.3 cm³/mol. The van der Waals surface area contributed by atoms with Gasteiger partial charge in [0.05, 0.1) is 12.1 Å². The van der Waals surface area contributed by atoms with E-state index in [0.717, 1.165) is 21.4 Å². The molecule has 1 N–H and O–H groups in total. The van der Waals surface area contributed by atoms with Gasteiger partial charge in [0.25, 0.3) is 0 Å². The Morgan fingerprint density at radius 3 is 2.68 bits per heavy atom. The highest BCUT2D eigenvalue weighted by atomic mass is 32.1. The Kier molecular flexibility index (Phi) is 4.16. The van der Waals surface area contributed by atoms with Crippen molar-refractivity contribution in [1.82, 2.24) is 4.98 Å². The van der Waals surface area contributed by atoms with Gasteiger partial charge in [-0.1, -0.05) is 18.2 Å². The first-order chi connectivity index (χ1) is 9.08. The summed E-state index contributed by atoms with van der Waals surface area (Å²) >= 11 is 1.56. The fourth-order valence-corrected chi connectivity index (χ4v) is 2.81. The van der Waals surface area contributed by atoms with Crippen molar-refractivity contribution in [2.24, 2.45) is 0 Å². The molecule has 0 aliphatic rings. The first-order valence-electron chi connectivity index (χ1n) is 6.05. The molecule has 0 saturated carbocycles. The monoisotopic (exact) mass is 276 g/mol. The summed E-state index contributed by atoms with van der Waals surface area (Å²) in [6.07, 6.45) is 0.693. The zero-order valence-corrected chi connectivity index (χ0v) is 11.8. The van der Waals surface area contributed by atoms with Crippen LogP contribution in [-0.2, 0) is 11.2 Å². The molecular weight excluding hydrogens is 260 g/mol. The van der Waals surface area contributed by atoms with Crippen molar-refractivity contribution in [3.63, 3.8) is 0 Å². The lowest BCUT2D eigenvalue weighted by Gasteiger charge is -2.15. The van der Waals surface area contributed by atoms with Gasteiger partial charge in [0.15, 0.2) is 5.13 Å². The zero-order valence-electron chi connectivity index (χ0n) is 11.0. The molecule has 0 unspecified atom stereocenters. The van der Waals surface area contributed by atoms with Gasteiger partial charge in [-0.15, -0.1) is 11.3 Å². The number of thiazole rings is 1. The fraction of sp³-hybridized carbons (Fsp3) is 0.286. The zero-order chi connectivity index (χ0) is 13.8. The molecule has 1 aromatic carbocycles. The van der Waals surface area contributed by atoms with Gasteiger partial charge in [-0.25, -0.2) is 4.98 Å². The van der Waals surface area contributed by atoms with Gasteiger partial charge in [-0.05, 0) is 25.5 Å². The summed E-state index contributed by atoms with van der Waals surface area (Å²) in [5.41, 5.74) is 1.99. The molecule has 0 radical (unpaired) electrons. The maximum atomic E-state index is 10.6. The van der Waals surface area contributed by atoms with Crippen LogP contribution in [0.5, 0.6) is 0 Å². The van der Waals surface area contributed by atoms with E-state index in [2.05, 4.69) is 4.98 Å². The highest BCUT2D eigenvalue weighted by molar-refractivity contribution is 7.15. The summed E-state index contributed by atoms with van der Waals surface area (Å²) in [6, 6.07) is 9.99. The third-order valence-electron chi connectivity index (χ3n) is 2.88. The first kappa shape index (κ1) is 13.5. The largest absolute Gasteiger partial charge is 0.481 e. The van der Waals surface area contributed by atoms with Crippen molar-refractivity contribution >= 4 is 28.1 Å². The Bertz CT molecular complexity index is 566. The van der Waals surface area contributed by atoms with E-state index in [1.165, 1.54) is 0 Å². The van der Waals surface area contributed by atoms with Gasteiger partial charge >= 0.3 is 5.97 Å². The standard InChI is InChI=1S/C14H16N2O2S/c1-10-12(8-9-13(17)18)19-14(15-10)16(2)11-6-4-3-5-7-11/h3-7H,8-9H2,1-2H3,(H,17,18). The van der Waals surface area contributed by atoms with Gasteiger partial charge in [-0.2, -0.15) is 0 Å². The molecule has 1 aromatic heterocycles. The summed E-state index contributed by atoms with van der Waals surface area (Å²) < 4.78 is 0. The second-order valence-electron chi connectivity index (χ2n) is 4.29. The molecule has 0 atom stereocenters. The molecule has 19 heavy (non-hydrogen) atoms. The molecule has 5 heteroatoms. The number of aromatic nitrogens is 1. The van der Waals surface area contributed by atoms with Crippen LogP contribution >= 0.6 is 11.3 Å². The van der Waals surface area contributed by atoms with Crippen LogP contribution in [0.15, 0.2) is 30.3 Å². The Balaban J connectivity index is 2.17. The number of para-hydroxylation sites is 1. The Hall–Kier alpha value is -1.88. The minimum absolute atomic E-state index is 0.150. The van der Waals surface area contributed by atoms with Crippen LogP contribution in [0.1, 0.15) is 17.0 Å². The van der Waals surface area contributed by atoms with Crippen LogP contribution in [0.25, 0.3) is 0 Å². The van der Waals surface area contributed by atoms with Crippen LogP contribution in [0.3, 0.4) is 0 Å². The van der Waals surface area contributed by atoms with Crippen LogP contribution < -0.4 is 4.90 Å². The number of aliphatic carboxylic acids is 1. The van der Waals surface area contributed by atoms with E-state index >= 15 is 0 Å². The summed E-state index contributed by atoms with van der Waals surface area (Å²) in [4.78, 5) is 18.2. The Labute approximate surface area is 116 Å². The van der Waals surface area contributed by atoms with Gasteiger partial charge in [0.1, 0.15) is 0 Å². The van der Waals surface area contributed by atoms with Crippen molar-refractivity contribution in [2.75, 3.05) is 11.9 Å². The van der Waals surface area contributed by atoms with Crippen molar-refractivity contribution in [3.8, 4) is 0 Å².